The number of nitrogens with zero attached hydrogens (tertiary/aromatic N) is 2. The average molecular weight is 441 g/mol. The highest BCUT2D eigenvalue weighted by atomic mass is 35.5. The maximum atomic E-state index is 11.8. The van der Waals surface area contributed by atoms with Gasteiger partial charge in [0.15, 0.2) is 15.5 Å². The predicted octanol–water partition coefficient (Wildman–Crippen LogP) is 5.20. The van der Waals surface area contributed by atoms with Crippen molar-refractivity contribution in [2.75, 3.05) is 6.26 Å². The molecule has 154 valence electrons. The normalized spacial score (nSPS) is 11.7. The molecular weight excluding hydrogens is 420 g/mol. The van der Waals surface area contributed by atoms with E-state index in [1.807, 2.05) is 40.9 Å². The van der Waals surface area contributed by atoms with Crippen molar-refractivity contribution in [1.82, 2.24) is 9.38 Å². The molecule has 2 aromatic carbocycles. The second-order valence-corrected chi connectivity index (χ2v) is 9.47. The highest BCUT2D eigenvalue weighted by Crippen LogP contribution is 2.29. The fourth-order valence-electron chi connectivity index (χ4n) is 3.40. The van der Waals surface area contributed by atoms with Crippen LogP contribution in [0, 0.1) is 0 Å². The molecule has 0 spiro atoms. The Bertz CT molecular complexity index is 1330. The highest BCUT2D eigenvalue weighted by Gasteiger charge is 2.15. The van der Waals surface area contributed by atoms with Gasteiger partial charge in [0.25, 0.3) is 0 Å². The lowest BCUT2D eigenvalue weighted by Gasteiger charge is -2.10. The van der Waals surface area contributed by atoms with Gasteiger partial charge < -0.3 is 4.74 Å². The third kappa shape index (κ3) is 4.06. The topological polar surface area (TPSA) is 60.7 Å². The van der Waals surface area contributed by atoms with Gasteiger partial charge in [0.05, 0.1) is 21.3 Å². The first-order valence-corrected chi connectivity index (χ1v) is 11.8. The lowest BCUT2D eigenvalue weighted by molar-refractivity contribution is 0.305. The molecule has 0 fully saturated rings. The Balaban J connectivity index is 1.65. The number of fused-ring (bicyclic) bond motifs is 1. The van der Waals surface area contributed by atoms with Gasteiger partial charge in [0, 0.05) is 18.0 Å². The lowest BCUT2D eigenvalue weighted by Crippen LogP contribution is -2.00. The average Bonchev–Trinajstić information content (AvgIpc) is 3.12. The van der Waals surface area contributed by atoms with Crippen LogP contribution in [0.15, 0.2) is 71.8 Å². The van der Waals surface area contributed by atoms with Crippen LogP contribution in [0.4, 0.5) is 0 Å². The number of aromatic nitrogens is 2. The van der Waals surface area contributed by atoms with E-state index in [1.54, 1.807) is 24.3 Å². The zero-order chi connectivity index (χ0) is 21.3. The first-order chi connectivity index (χ1) is 14.4. The van der Waals surface area contributed by atoms with E-state index < -0.39 is 9.84 Å². The van der Waals surface area contributed by atoms with E-state index in [0.717, 1.165) is 34.6 Å². The summed E-state index contributed by atoms with van der Waals surface area (Å²) < 4.78 is 31.4. The minimum Gasteiger partial charge on any atom is -0.489 e. The molecule has 0 bridgehead atoms. The van der Waals surface area contributed by atoms with Crippen LogP contribution < -0.4 is 4.74 Å². The standard InChI is InChI=1S/C23H21ClN2O3S/c1-3-21-22(26-12-6-11-20(24)23(26)25-21)17-8-4-7-16(13-17)15-29-18-9-5-10-19(14-18)30(2,27)28/h4-14H,3,15H2,1-2H3. The quantitative estimate of drug-likeness (QED) is 0.413. The molecule has 0 saturated heterocycles. The summed E-state index contributed by atoms with van der Waals surface area (Å²) in [6.45, 7) is 2.39. The van der Waals surface area contributed by atoms with Crippen molar-refractivity contribution in [1.29, 1.82) is 0 Å². The van der Waals surface area contributed by atoms with Crippen LogP contribution in [0.3, 0.4) is 0 Å². The molecule has 0 amide bonds. The van der Waals surface area contributed by atoms with E-state index >= 15 is 0 Å². The second kappa shape index (κ2) is 8.13. The Hall–Kier alpha value is -2.83. The number of imidazole rings is 1. The number of benzene rings is 2. The number of pyridine rings is 1. The van der Waals surface area contributed by atoms with Crippen LogP contribution >= 0.6 is 11.6 Å². The molecule has 0 aliphatic rings. The van der Waals surface area contributed by atoms with Crippen LogP contribution in [0.25, 0.3) is 16.9 Å². The van der Waals surface area contributed by atoms with E-state index in [2.05, 4.69) is 13.0 Å². The lowest BCUT2D eigenvalue weighted by atomic mass is 10.1. The fourth-order valence-corrected chi connectivity index (χ4v) is 4.27. The SMILES string of the molecule is CCc1nc2c(Cl)cccn2c1-c1cccc(COc2cccc(S(C)(=O)=O)c2)c1. The van der Waals surface area contributed by atoms with Gasteiger partial charge in [-0.15, -0.1) is 0 Å². The number of sulfone groups is 1. The van der Waals surface area contributed by atoms with E-state index in [1.165, 1.54) is 6.26 Å². The molecular formula is C23H21ClN2O3S. The Morgan fingerprint density at radius 3 is 2.63 bits per heavy atom. The van der Waals surface area contributed by atoms with Crippen molar-refractivity contribution in [2.24, 2.45) is 0 Å². The molecule has 0 N–H and O–H groups in total. The number of aryl methyl sites for hydroxylation is 1. The molecule has 30 heavy (non-hydrogen) atoms. The molecule has 7 heteroatoms. The van der Waals surface area contributed by atoms with Gasteiger partial charge in [0.2, 0.25) is 0 Å². The van der Waals surface area contributed by atoms with Crippen molar-refractivity contribution < 1.29 is 13.2 Å². The van der Waals surface area contributed by atoms with Gasteiger partial charge in [-0.25, -0.2) is 13.4 Å². The summed E-state index contributed by atoms with van der Waals surface area (Å²) >= 11 is 6.33. The smallest absolute Gasteiger partial charge is 0.175 e. The van der Waals surface area contributed by atoms with Crippen molar-refractivity contribution in [3.05, 3.63) is 83.1 Å². The van der Waals surface area contributed by atoms with Crippen LogP contribution in [-0.2, 0) is 22.9 Å². The van der Waals surface area contributed by atoms with Crippen LogP contribution in [0.2, 0.25) is 5.02 Å². The molecule has 2 heterocycles. The van der Waals surface area contributed by atoms with Crippen LogP contribution in [-0.4, -0.2) is 24.1 Å². The van der Waals surface area contributed by atoms with Crippen molar-refractivity contribution in [3.8, 4) is 17.0 Å². The number of hydrogen-bond donors (Lipinski definition) is 0. The van der Waals surface area contributed by atoms with Crippen LogP contribution in [0.1, 0.15) is 18.2 Å². The maximum Gasteiger partial charge on any atom is 0.175 e. The maximum absolute atomic E-state index is 11.8. The third-order valence-electron chi connectivity index (χ3n) is 4.85. The Kier molecular flexibility index (Phi) is 5.54. The van der Waals surface area contributed by atoms with E-state index in [0.29, 0.717) is 17.4 Å². The number of ether oxygens (including phenoxy) is 1. The summed E-state index contributed by atoms with van der Waals surface area (Å²) in [6, 6.07) is 18.3. The first-order valence-electron chi connectivity index (χ1n) is 9.54. The summed E-state index contributed by atoms with van der Waals surface area (Å²) in [5.74, 6) is 0.513. The Morgan fingerprint density at radius 1 is 1.07 bits per heavy atom. The molecule has 0 atom stereocenters. The number of hydrogen-bond acceptors (Lipinski definition) is 4. The van der Waals surface area contributed by atoms with E-state index in [4.69, 9.17) is 21.3 Å². The predicted molar refractivity (Wildman–Crippen MR) is 119 cm³/mol. The van der Waals surface area contributed by atoms with E-state index in [9.17, 15) is 8.42 Å². The van der Waals surface area contributed by atoms with Gasteiger partial charge >= 0.3 is 0 Å². The minimum atomic E-state index is -3.28. The zero-order valence-corrected chi connectivity index (χ0v) is 18.2. The monoisotopic (exact) mass is 440 g/mol. The molecule has 0 unspecified atom stereocenters. The molecule has 4 aromatic rings. The summed E-state index contributed by atoms with van der Waals surface area (Å²) in [7, 11) is -3.28. The molecule has 5 nitrogen and oxygen atoms in total. The fraction of sp³-hybridized carbons (Fsp3) is 0.174. The van der Waals surface area contributed by atoms with Gasteiger partial charge in [-0.3, -0.25) is 4.40 Å². The van der Waals surface area contributed by atoms with Gasteiger partial charge in [-0.05, 0) is 48.4 Å². The third-order valence-corrected chi connectivity index (χ3v) is 6.25. The molecule has 0 saturated carbocycles. The summed E-state index contributed by atoms with van der Waals surface area (Å²) in [4.78, 5) is 4.95. The summed E-state index contributed by atoms with van der Waals surface area (Å²) in [5.41, 5.74) is 4.71. The molecule has 0 radical (unpaired) electrons. The molecule has 4 rings (SSSR count). The van der Waals surface area contributed by atoms with Crippen molar-refractivity contribution in [3.63, 3.8) is 0 Å². The van der Waals surface area contributed by atoms with Gasteiger partial charge in [0.1, 0.15) is 12.4 Å². The van der Waals surface area contributed by atoms with Gasteiger partial charge in [-0.1, -0.05) is 42.8 Å². The Labute approximate surface area is 180 Å². The largest absolute Gasteiger partial charge is 0.489 e. The van der Waals surface area contributed by atoms with E-state index in [-0.39, 0.29) is 4.90 Å². The van der Waals surface area contributed by atoms with Crippen LogP contribution in [0.5, 0.6) is 5.75 Å². The van der Waals surface area contributed by atoms with Crippen molar-refractivity contribution >= 4 is 27.1 Å². The second-order valence-electron chi connectivity index (χ2n) is 7.05. The molecule has 2 aromatic heterocycles. The summed E-state index contributed by atoms with van der Waals surface area (Å²) in [6.07, 6.45) is 3.93. The number of rotatable bonds is 6. The first kappa shape index (κ1) is 20.4. The van der Waals surface area contributed by atoms with Gasteiger partial charge in [-0.2, -0.15) is 0 Å². The molecule has 0 aliphatic carbocycles. The zero-order valence-electron chi connectivity index (χ0n) is 16.7. The highest BCUT2D eigenvalue weighted by molar-refractivity contribution is 7.90. The minimum absolute atomic E-state index is 0.240. The van der Waals surface area contributed by atoms with Crippen molar-refractivity contribution in [2.45, 2.75) is 24.8 Å². The Morgan fingerprint density at radius 2 is 1.87 bits per heavy atom. The number of halogens is 1. The summed E-state index contributed by atoms with van der Waals surface area (Å²) in [5, 5.41) is 0.615. The molecule has 0 aliphatic heterocycles.